The Morgan fingerprint density at radius 3 is 2.63 bits per heavy atom. The number of carbonyl (C=O) groups is 1. The molecule has 1 saturated carbocycles. The predicted octanol–water partition coefficient (Wildman–Crippen LogP) is 3.57. The summed E-state index contributed by atoms with van der Waals surface area (Å²) in [5, 5.41) is 7.66. The molecule has 0 radical (unpaired) electrons. The highest BCUT2D eigenvalue weighted by Crippen LogP contribution is 2.40. The van der Waals surface area contributed by atoms with Crippen molar-refractivity contribution < 1.29 is 14.3 Å². The number of methoxy groups -OCH3 is 2. The molecule has 3 aromatic rings. The van der Waals surface area contributed by atoms with Gasteiger partial charge in [-0.15, -0.1) is 0 Å². The molecule has 0 bridgehead atoms. The number of aromatic amines is 1. The number of para-hydroxylation sites is 2. The van der Waals surface area contributed by atoms with Crippen LogP contribution < -0.4 is 20.1 Å². The third-order valence-electron chi connectivity index (χ3n) is 5.75. The van der Waals surface area contributed by atoms with Crippen LogP contribution in [0, 0.1) is 0 Å². The minimum Gasteiger partial charge on any atom is -0.493 e. The van der Waals surface area contributed by atoms with Crippen molar-refractivity contribution in [2.24, 2.45) is 0 Å². The van der Waals surface area contributed by atoms with Crippen LogP contribution in [0.4, 0.5) is 0 Å². The molecule has 30 heavy (non-hydrogen) atoms. The van der Waals surface area contributed by atoms with Crippen molar-refractivity contribution in [2.75, 3.05) is 20.8 Å². The Bertz CT molecular complexity index is 1030. The van der Waals surface area contributed by atoms with Crippen molar-refractivity contribution in [1.29, 1.82) is 0 Å². The summed E-state index contributed by atoms with van der Waals surface area (Å²) in [5.74, 6) is 1.43. The molecule has 0 saturated heterocycles. The summed E-state index contributed by atoms with van der Waals surface area (Å²) in [7, 11) is 3.30. The van der Waals surface area contributed by atoms with E-state index < -0.39 is 0 Å². The molecule has 0 aliphatic heterocycles. The van der Waals surface area contributed by atoms with Crippen LogP contribution >= 0.6 is 0 Å². The largest absolute Gasteiger partial charge is 0.493 e. The van der Waals surface area contributed by atoms with Crippen molar-refractivity contribution in [1.82, 2.24) is 15.6 Å². The van der Waals surface area contributed by atoms with E-state index in [2.05, 4.69) is 33.8 Å². The van der Waals surface area contributed by atoms with E-state index in [0.717, 1.165) is 34.9 Å². The van der Waals surface area contributed by atoms with Crippen LogP contribution in [0.5, 0.6) is 11.5 Å². The Balaban J connectivity index is 1.67. The first-order valence-corrected chi connectivity index (χ1v) is 10.4. The number of rotatable bonds is 9. The molecule has 3 N–H and O–H groups in total. The molecular weight excluding hydrogens is 378 g/mol. The second-order valence-corrected chi connectivity index (χ2v) is 7.84. The average molecular weight is 408 g/mol. The van der Waals surface area contributed by atoms with Crippen molar-refractivity contribution in [3.05, 3.63) is 59.8 Å². The molecule has 158 valence electrons. The molecule has 2 aromatic carbocycles. The average Bonchev–Trinajstić information content (AvgIpc) is 3.49. The Kier molecular flexibility index (Phi) is 5.95. The van der Waals surface area contributed by atoms with Crippen LogP contribution in [-0.2, 0) is 4.79 Å². The lowest BCUT2D eigenvalue weighted by atomic mass is 9.89. The zero-order valence-corrected chi connectivity index (χ0v) is 17.7. The zero-order chi connectivity index (χ0) is 21.1. The highest BCUT2D eigenvalue weighted by molar-refractivity contribution is 5.84. The maximum Gasteiger partial charge on any atom is 0.237 e. The summed E-state index contributed by atoms with van der Waals surface area (Å²) >= 11 is 0. The first-order valence-electron chi connectivity index (χ1n) is 10.4. The lowest BCUT2D eigenvalue weighted by molar-refractivity contribution is -0.122. The predicted molar refractivity (Wildman–Crippen MR) is 118 cm³/mol. The van der Waals surface area contributed by atoms with Crippen LogP contribution in [0.25, 0.3) is 10.9 Å². The Labute approximate surface area is 177 Å². The molecule has 4 rings (SSSR count). The van der Waals surface area contributed by atoms with E-state index in [9.17, 15) is 4.79 Å². The summed E-state index contributed by atoms with van der Waals surface area (Å²) in [6, 6.07) is 14.2. The molecule has 0 unspecified atom stereocenters. The van der Waals surface area contributed by atoms with Gasteiger partial charge < -0.3 is 25.1 Å². The van der Waals surface area contributed by atoms with Crippen LogP contribution in [0.1, 0.15) is 36.8 Å². The summed E-state index contributed by atoms with van der Waals surface area (Å²) in [6.45, 7) is 2.50. The number of nitrogens with one attached hydrogen (secondary N) is 3. The maximum absolute atomic E-state index is 12.4. The molecule has 1 amide bonds. The van der Waals surface area contributed by atoms with Gasteiger partial charge in [0.1, 0.15) is 0 Å². The maximum atomic E-state index is 12.4. The zero-order valence-electron chi connectivity index (χ0n) is 17.7. The van der Waals surface area contributed by atoms with Gasteiger partial charge in [-0.1, -0.05) is 30.3 Å². The normalized spacial score (nSPS) is 15.6. The second kappa shape index (κ2) is 8.79. The van der Waals surface area contributed by atoms with E-state index in [1.807, 2.05) is 37.4 Å². The van der Waals surface area contributed by atoms with Crippen molar-refractivity contribution in [3.8, 4) is 11.5 Å². The number of hydrogen-bond donors (Lipinski definition) is 3. The standard InChI is InChI=1S/C24H29N3O3/c1-15(24(28)27-16-11-12-16)25-13-20(18-8-6-10-22(29-2)23(18)30-3)19-14-26-21-9-5-4-7-17(19)21/h4-10,14-16,20,25-26H,11-13H2,1-3H3,(H,27,28)/t15-,20-/m0/s1. The van der Waals surface area contributed by atoms with Crippen molar-refractivity contribution in [3.63, 3.8) is 0 Å². The van der Waals surface area contributed by atoms with Crippen LogP contribution in [-0.4, -0.2) is 43.7 Å². The number of hydrogen-bond acceptors (Lipinski definition) is 4. The fourth-order valence-corrected chi connectivity index (χ4v) is 3.90. The van der Waals surface area contributed by atoms with Gasteiger partial charge in [-0.05, 0) is 37.5 Å². The highest BCUT2D eigenvalue weighted by atomic mass is 16.5. The molecule has 1 aliphatic rings. The summed E-state index contributed by atoms with van der Waals surface area (Å²) in [5.41, 5.74) is 3.25. The van der Waals surface area contributed by atoms with Crippen molar-refractivity contribution in [2.45, 2.75) is 37.8 Å². The Morgan fingerprint density at radius 2 is 1.90 bits per heavy atom. The number of amides is 1. The minimum absolute atomic E-state index is 0.0256. The quantitative estimate of drug-likeness (QED) is 0.507. The van der Waals surface area contributed by atoms with E-state index in [-0.39, 0.29) is 17.9 Å². The second-order valence-electron chi connectivity index (χ2n) is 7.84. The van der Waals surface area contributed by atoms with E-state index >= 15 is 0 Å². The first-order chi connectivity index (χ1) is 14.6. The molecule has 1 fully saturated rings. The fraction of sp³-hybridized carbons (Fsp3) is 0.375. The smallest absolute Gasteiger partial charge is 0.237 e. The van der Waals surface area contributed by atoms with Gasteiger partial charge >= 0.3 is 0 Å². The minimum atomic E-state index is -0.282. The summed E-state index contributed by atoms with van der Waals surface area (Å²) < 4.78 is 11.3. The number of fused-ring (bicyclic) bond motifs is 1. The van der Waals surface area contributed by atoms with Gasteiger partial charge in [0.2, 0.25) is 5.91 Å². The Morgan fingerprint density at radius 1 is 1.10 bits per heavy atom. The van der Waals surface area contributed by atoms with E-state index in [1.54, 1.807) is 14.2 Å². The number of aromatic nitrogens is 1. The van der Waals surface area contributed by atoms with Gasteiger partial charge in [-0.3, -0.25) is 4.79 Å². The number of ether oxygens (including phenoxy) is 2. The molecule has 0 spiro atoms. The van der Waals surface area contributed by atoms with Crippen LogP contribution in [0.2, 0.25) is 0 Å². The summed E-state index contributed by atoms with van der Waals surface area (Å²) in [6.07, 6.45) is 4.21. The van der Waals surface area contributed by atoms with Crippen LogP contribution in [0.15, 0.2) is 48.7 Å². The topological polar surface area (TPSA) is 75.4 Å². The third-order valence-corrected chi connectivity index (χ3v) is 5.75. The molecule has 6 heteroatoms. The molecule has 2 atom stereocenters. The molecule has 6 nitrogen and oxygen atoms in total. The third kappa shape index (κ3) is 4.14. The number of benzene rings is 2. The Hall–Kier alpha value is -2.99. The molecule has 1 aliphatic carbocycles. The van der Waals surface area contributed by atoms with Gasteiger partial charge in [0, 0.05) is 41.2 Å². The van der Waals surface area contributed by atoms with E-state index in [1.165, 1.54) is 0 Å². The van der Waals surface area contributed by atoms with Gasteiger partial charge in [-0.2, -0.15) is 0 Å². The van der Waals surface area contributed by atoms with Gasteiger partial charge in [-0.25, -0.2) is 0 Å². The fourth-order valence-electron chi connectivity index (χ4n) is 3.90. The molecule has 1 aromatic heterocycles. The van der Waals surface area contributed by atoms with Gasteiger partial charge in [0.05, 0.1) is 20.3 Å². The summed E-state index contributed by atoms with van der Waals surface area (Å²) in [4.78, 5) is 15.8. The van der Waals surface area contributed by atoms with Crippen molar-refractivity contribution >= 4 is 16.8 Å². The monoisotopic (exact) mass is 407 g/mol. The first kappa shape index (κ1) is 20.3. The van der Waals surface area contributed by atoms with Gasteiger partial charge in [0.25, 0.3) is 0 Å². The number of H-pyrrole nitrogens is 1. The highest BCUT2D eigenvalue weighted by Gasteiger charge is 2.27. The lowest BCUT2D eigenvalue weighted by Gasteiger charge is -2.23. The molecule has 1 heterocycles. The van der Waals surface area contributed by atoms with E-state index in [4.69, 9.17) is 9.47 Å². The lowest BCUT2D eigenvalue weighted by Crippen LogP contribution is -2.44. The van der Waals surface area contributed by atoms with Crippen LogP contribution in [0.3, 0.4) is 0 Å². The van der Waals surface area contributed by atoms with Gasteiger partial charge in [0.15, 0.2) is 11.5 Å². The molecular formula is C24H29N3O3. The van der Waals surface area contributed by atoms with E-state index in [0.29, 0.717) is 24.1 Å². The SMILES string of the molecule is COc1cccc([C@H](CN[C@@H](C)C(=O)NC2CC2)c2c[nH]c3ccccc23)c1OC. The number of carbonyl (C=O) groups excluding carboxylic acids is 1.